The zero-order chi connectivity index (χ0) is 36.3. The highest BCUT2D eigenvalue weighted by atomic mass is 16.5. The molecule has 0 amide bonds. The number of hydrogen-bond donors (Lipinski definition) is 0. The molecule has 0 aromatic rings. The topological polar surface area (TPSA) is 52.6 Å². The molecule has 0 aromatic carbocycles. The molecule has 0 saturated heterocycles. The average Bonchev–Trinajstić information content (AvgIpc) is 3.12. The molecule has 0 fully saturated rings. The van der Waals surface area contributed by atoms with Crippen LogP contribution >= 0.6 is 0 Å². The third-order valence-corrected chi connectivity index (χ3v) is 9.85. The van der Waals surface area contributed by atoms with Crippen molar-refractivity contribution in [3.05, 3.63) is 24.3 Å². The molecule has 0 spiro atoms. The van der Waals surface area contributed by atoms with Gasteiger partial charge in [0.2, 0.25) is 0 Å². The normalized spacial score (nSPS) is 11.6. The Bertz CT molecular complexity index is 680. The van der Waals surface area contributed by atoms with Crippen molar-refractivity contribution in [2.24, 2.45) is 0 Å². The Morgan fingerprint density at radius 2 is 0.560 bits per heavy atom. The molecule has 50 heavy (non-hydrogen) atoms. The molecule has 0 bridgehead atoms. The second-order valence-electron chi connectivity index (χ2n) is 14.9. The van der Waals surface area contributed by atoms with E-state index < -0.39 is 0 Å². The fourth-order valence-electron chi connectivity index (χ4n) is 6.46. The van der Waals surface area contributed by atoms with E-state index >= 15 is 0 Å². The van der Waals surface area contributed by atoms with Gasteiger partial charge in [0.15, 0.2) is 0 Å². The van der Waals surface area contributed by atoms with Crippen molar-refractivity contribution in [3.63, 3.8) is 0 Å². The van der Waals surface area contributed by atoms with Crippen molar-refractivity contribution in [2.45, 2.75) is 245 Å². The van der Waals surface area contributed by atoms with Gasteiger partial charge in [0.25, 0.3) is 0 Å². The maximum absolute atomic E-state index is 12.0. The zero-order valence-corrected chi connectivity index (χ0v) is 33.8. The third-order valence-electron chi connectivity index (χ3n) is 9.85. The SMILES string of the molecule is CCCCCCCC/C=C\CCCCCCCCOC(=O)CCCCCCCCC(=O)OCCCCCCCC/C=C\CCCCCCCC. The summed E-state index contributed by atoms with van der Waals surface area (Å²) in [5.74, 6) is -0.0791. The van der Waals surface area contributed by atoms with Gasteiger partial charge in [-0.1, -0.05) is 179 Å². The van der Waals surface area contributed by atoms with Crippen molar-refractivity contribution in [1.82, 2.24) is 0 Å². The molecule has 0 aliphatic carbocycles. The van der Waals surface area contributed by atoms with Crippen LogP contribution in [0.3, 0.4) is 0 Å². The first-order valence-electron chi connectivity index (χ1n) is 22.3. The van der Waals surface area contributed by atoms with Gasteiger partial charge in [-0.15, -0.1) is 0 Å². The molecule has 0 N–H and O–H groups in total. The van der Waals surface area contributed by atoms with Gasteiger partial charge in [0.1, 0.15) is 0 Å². The molecule has 4 heteroatoms. The van der Waals surface area contributed by atoms with E-state index in [0.717, 1.165) is 64.2 Å². The Balaban J connectivity index is 3.29. The van der Waals surface area contributed by atoms with Crippen LogP contribution in [-0.2, 0) is 19.1 Å². The van der Waals surface area contributed by atoms with Crippen molar-refractivity contribution < 1.29 is 19.1 Å². The maximum Gasteiger partial charge on any atom is 0.305 e. The Labute approximate surface area is 312 Å². The zero-order valence-electron chi connectivity index (χ0n) is 33.8. The molecule has 0 rings (SSSR count). The minimum absolute atomic E-state index is 0.0396. The molecule has 0 aliphatic heterocycles. The highest BCUT2D eigenvalue weighted by molar-refractivity contribution is 5.69. The van der Waals surface area contributed by atoms with Crippen LogP contribution in [0.15, 0.2) is 24.3 Å². The van der Waals surface area contributed by atoms with Crippen molar-refractivity contribution in [3.8, 4) is 0 Å². The summed E-state index contributed by atoms with van der Waals surface area (Å²) < 4.78 is 10.9. The second-order valence-corrected chi connectivity index (χ2v) is 14.9. The average molecular weight is 703 g/mol. The number of rotatable bonds is 41. The summed E-state index contributed by atoms with van der Waals surface area (Å²) in [7, 11) is 0. The summed E-state index contributed by atoms with van der Waals surface area (Å²) in [6.45, 7) is 5.70. The van der Waals surface area contributed by atoms with Crippen LogP contribution in [0.4, 0.5) is 0 Å². The van der Waals surface area contributed by atoms with Crippen LogP contribution in [-0.4, -0.2) is 25.2 Å². The van der Waals surface area contributed by atoms with Crippen molar-refractivity contribution in [1.29, 1.82) is 0 Å². The number of hydrogen-bond acceptors (Lipinski definition) is 4. The monoisotopic (exact) mass is 703 g/mol. The van der Waals surface area contributed by atoms with E-state index in [0.29, 0.717) is 26.1 Å². The Kier molecular flexibility index (Phi) is 42.2. The lowest BCUT2D eigenvalue weighted by molar-refractivity contribution is -0.144. The number of carbonyl (C=O) groups is 2. The maximum atomic E-state index is 12.0. The second kappa shape index (κ2) is 43.6. The van der Waals surface area contributed by atoms with E-state index in [1.807, 2.05) is 0 Å². The summed E-state index contributed by atoms with van der Waals surface area (Å²) in [6.07, 6.45) is 52.9. The lowest BCUT2D eigenvalue weighted by atomic mass is 10.1. The fraction of sp³-hybridized carbons (Fsp3) is 0.870. The number of esters is 2. The Morgan fingerprint density at radius 1 is 0.320 bits per heavy atom. The van der Waals surface area contributed by atoms with E-state index in [4.69, 9.17) is 9.47 Å². The molecule has 0 radical (unpaired) electrons. The molecule has 0 aromatic heterocycles. The highest BCUT2D eigenvalue weighted by Gasteiger charge is 2.05. The number of ether oxygens (including phenoxy) is 2. The van der Waals surface area contributed by atoms with Gasteiger partial charge in [-0.2, -0.15) is 0 Å². The van der Waals surface area contributed by atoms with E-state index in [-0.39, 0.29) is 11.9 Å². The third kappa shape index (κ3) is 42.6. The van der Waals surface area contributed by atoms with Gasteiger partial charge >= 0.3 is 11.9 Å². The fourth-order valence-corrected chi connectivity index (χ4v) is 6.46. The van der Waals surface area contributed by atoms with Crippen LogP contribution in [0.2, 0.25) is 0 Å². The summed E-state index contributed by atoms with van der Waals surface area (Å²) in [4.78, 5) is 24.0. The molecule has 4 nitrogen and oxygen atoms in total. The van der Waals surface area contributed by atoms with E-state index in [1.165, 1.54) is 154 Å². The molecule has 294 valence electrons. The largest absolute Gasteiger partial charge is 0.466 e. The van der Waals surface area contributed by atoms with Gasteiger partial charge in [-0.25, -0.2) is 0 Å². The van der Waals surface area contributed by atoms with Gasteiger partial charge in [0.05, 0.1) is 13.2 Å². The van der Waals surface area contributed by atoms with E-state index in [9.17, 15) is 9.59 Å². The van der Waals surface area contributed by atoms with Gasteiger partial charge < -0.3 is 9.47 Å². The first kappa shape index (κ1) is 48.4. The molecule has 0 unspecified atom stereocenters. The summed E-state index contributed by atoms with van der Waals surface area (Å²) in [5, 5.41) is 0. The summed E-state index contributed by atoms with van der Waals surface area (Å²) >= 11 is 0. The van der Waals surface area contributed by atoms with Crippen LogP contribution in [0.1, 0.15) is 245 Å². The van der Waals surface area contributed by atoms with Crippen molar-refractivity contribution in [2.75, 3.05) is 13.2 Å². The van der Waals surface area contributed by atoms with Crippen LogP contribution < -0.4 is 0 Å². The molecule has 0 atom stereocenters. The minimum Gasteiger partial charge on any atom is -0.466 e. The minimum atomic E-state index is -0.0396. The standard InChI is InChI=1S/C46H86O4/c1-3-5-7-9-11-13-15-17-19-21-23-25-27-31-35-39-43-49-45(47)41-37-33-29-30-34-38-42-46(48)50-44-40-36-32-28-26-24-22-20-18-16-14-12-10-8-6-4-2/h17-20H,3-16,21-44H2,1-2H3/b19-17-,20-18-. The Morgan fingerprint density at radius 3 is 0.860 bits per heavy atom. The Hall–Kier alpha value is -1.58. The molecular formula is C46H86O4. The number of unbranched alkanes of at least 4 members (excludes halogenated alkanes) is 29. The smallest absolute Gasteiger partial charge is 0.305 e. The van der Waals surface area contributed by atoms with Gasteiger partial charge in [-0.3, -0.25) is 9.59 Å². The predicted molar refractivity (Wildman–Crippen MR) is 218 cm³/mol. The highest BCUT2D eigenvalue weighted by Crippen LogP contribution is 2.13. The van der Waals surface area contributed by atoms with E-state index in [1.54, 1.807) is 0 Å². The van der Waals surface area contributed by atoms with Crippen LogP contribution in [0.5, 0.6) is 0 Å². The molecule has 0 aliphatic rings. The lowest BCUT2D eigenvalue weighted by Gasteiger charge is -2.06. The summed E-state index contributed by atoms with van der Waals surface area (Å²) in [5.41, 5.74) is 0. The van der Waals surface area contributed by atoms with Crippen molar-refractivity contribution >= 4 is 11.9 Å². The predicted octanol–water partition coefficient (Wildman–Crippen LogP) is 15.3. The first-order valence-corrected chi connectivity index (χ1v) is 22.3. The van der Waals surface area contributed by atoms with Gasteiger partial charge in [0, 0.05) is 12.8 Å². The lowest BCUT2D eigenvalue weighted by Crippen LogP contribution is -2.06. The molecular weight excluding hydrogens is 617 g/mol. The van der Waals surface area contributed by atoms with E-state index in [2.05, 4.69) is 38.2 Å². The number of allylic oxidation sites excluding steroid dienone is 4. The number of carbonyl (C=O) groups excluding carboxylic acids is 2. The molecule has 0 saturated carbocycles. The van der Waals surface area contributed by atoms with Crippen LogP contribution in [0.25, 0.3) is 0 Å². The van der Waals surface area contributed by atoms with Crippen LogP contribution in [0, 0.1) is 0 Å². The first-order chi connectivity index (χ1) is 24.7. The summed E-state index contributed by atoms with van der Waals surface area (Å²) in [6, 6.07) is 0. The molecule has 0 heterocycles. The van der Waals surface area contributed by atoms with Gasteiger partial charge in [-0.05, 0) is 77.0 Å². The quantitative estimate of drug-likeness (QED) is 0.0361.